The van der Waals surface area contributed by atoms with Gasteiger partial charge in [-0.05, 0) is 61.0 Å². The molecule has 1 N–H and O–H groups in total. The first-order chi connectivity index (χ1) is 22.4. The topological polar surface area (TPSA) is 115 Å². The van der Waals surface area contributed by atoms with Crippen molar-refractivity contribution in [1.82, 2.24) is 4.57 Å². The number of thioether (sulfide) groups is 1. The van der Waals surface area contributed by atoms with E-state index in [1.807, 2.05) is 0 Å². The number of amides is 3. The molecule has 1 fully saturated rings. The van der Waals surface area contributed by atoms with Gasteiger partial charge < -0.3 is 10.1 Å². The molecule has 242 valence electrons. The summed E-state index contributed by atoms with van der Waals surface area (Å²) in [5.74, 6) is -4.72. The first kappa shape index (κ1) is 32.7. The Balaban J connectivity index is 1.36. The maximum Gasteiger partial charge on any atom is 0.418 e. The largest absolute Gasteiger partial charge is 0.462 e. The number of fused-ring (bicyclic) bond motifs is 2. The van der Waals surface area contributed by atoms with E-state index < -0.39 is 69.6 Å². The number of esters is 1. The number of nitrogens with zero attached hydrogens (tertiary/aromatic N) is 2. The third kappa shape index (κ3) is 6.14. The quantitative estimate of drug-likeness (QED) is 0.174. The molecule has 3 aromatic carbocycles. The first-order valence-electron chi connectivity index (χ1n) is 14.2. The highest BCUT2D eigenvalue weighted by atomic mass is 79.9. The van der Waals surface area contributed by atoms with E-state index in [2.05, 4.69) is 21.2 Å². The van der Waals surface area contributed by atoms with E-state index in [0.29, 0.717) is 31.1 Å². The van der Waals surface area contributed by atoms with Gasteiger partial charge in [0, 0.05) is 21.0 Å². The molecular formula is C32H23BrF3N3O6S2. The summed E-state index contributed by atoms with van der Waals surface area (Å²) in [7, 11) is 0. The summed E-state index contributed by atoms with van der Waals surface area (Å²) < 4.78 is 48.8. The van der Waals surface area contributed by atoms with Gasteiger partial charge in [0.15, 0.2) is 0 Å². The fourth-order valence-corrected chi connectivity index (χ4v) is 8.90. The van der Waals surface area contributed by atoms with E-state index in [-0.39, 0.29) is 11.6 Å². The number of nitrogens with one attached hydrogen (secondary N) is 1. The number of carbonyl (C=O) groups excluding carboxylic acids is 4. The molecule has 2 aliphatic heterocycles. The van der Waals surface area contributed by atoms with Crippen molar-refractivity contribution in [3.8, 4) is 0 Å². The van der Waals surface area contributed by atoms with Crippen LogP contribution in [0.1, 0.15) is 39.2 Å². The van der Waals surface area contributed by atoms with Crippen LogP contribution in [-0.4, -0.2) is 40.1 Å². The number of hydrogen-bond donors (Lipinski definition) is 1. The predicted molar refractivity (Wildman–Crippen MR) is 173 cm³/mol. The van der Waals surface area contributed by atoms with Gasteiger partial charge in [-0.3, -0.25) is 23.7 Å². The summed E-state index contributed by atoms with van der Waals surface area (Å²) >= 11 is 5.13. The Morgan fingerprint density at radius 3 is 2.38 bits per heavy atom. The van der Waals surface area contributed by atoms with E-state index in [4.69, 9.17) is 4.74 Å². The number of alkyl halides is 3. The van der Waals surface area contributed by atoms with Crippen LogP contribution in [0, 0.1) is 5.92 Å². The van der Waals surface area contributed by atoms with Gasteiger partial charge in [-0.2, -0.15) is 13.2 Å². The smallest absolute Gasteiger partial charge is 0.418 e. The minimum absolute atomic E-state index is 0.206. The van der Waals surface area contributed by atoms with Crippen LogP contribution in [0.5, 0.6) is 0 Å². The molecule has 0 spiro atoms. The van der Waals surface area contributed by atoms with Crippen molar-refractivity contribution < 1.29 is 37.1 Å². The molecule has 0 saturated carbocycles. The second-order valence-electron chi connectivity index (χ2n) is 10.6. The second-order valence-corrected chi connectivity index (χ2v) is 13.6. The maximum atomic E-state index is 14.0. The lowest BCUT2D eigenvalue weighted by Crippen LogP contribution is -2.33. The van der Waals surface area contributed by atoms with Crippen LogP contribution in [0.15, 0.2) is 87.1 Å². The van der Waals surface area contributed by atoms with Crippen LogP contribution in [0.4, 0.5) is 24.5 Å². The highest BCUT2D eigenvalue weighted by Gasteiger charge is 2.57. The predicted octanol–water partition coefficient (Wildman–Crippen LogP) is 6.30. The molecule has 47 heavy (non-hydrogen) atoms. The lowest BCUT2D eigenvalue weighted by Gasteiger charge is -2.30. The molecule has 0 radical (unpaired) electrons. The molecule has 15 heteroatoms. The number of hydrogen-bond acceptors (Lipinski definition) is 8. The molecule has 9 nitrogen and oxygen atoms in total. The van der Waals surface area contributed by atoms with Gasteiger partial charge in [0.05, 0.1) is 34.4 Å². The third-order valence-corrected chi connectivity index (χ3v) is 10.8. The molecule has 4 aromatic rings. The van der Waals surface area contributed by atoms with Gasteiger partial charge in [-0.15, -0.1) is 0 Å². The average molecular weight is 747 g/mol. The van der Waals surface area contributed by atoms with Crippen LogP contribution in [0.3, 0.4) is 0 Å². The lowest BCUT2D eigenvalue weighted by molar-refractivity contribution is -0.137. The van der Waals surface area contributed by atoms with Crippen LogP contribution >= 0.6 is 39.0 Å². The van der Waals surface area contributed by atoms with Crippen molar-refractivity contribution in [1.29, 1.82) is 0 Å². The highest BCUT2D eigenvalue weighted by Crippen LogP contribution is 2.54. The first-order valence-corrected chi connectivity index (χ1v) is 16.6. The van der Waals surface area contributed by atoms with Crippen LogP contribution in [0.2, 0.25) is 0 Å². The summed E-state index contributed by atoms with van der Waals surface area (Å²) in [6, 6.07) is 17.3. The Morgan fingerprint density at radius 1 is 0.979 bits per heavy atom. The number of imide groups is 1. The van der Waals surface area contributed by atoms with Gasteiger partial charge in [-0.25, -0.2) is 9.69 Å². The summed E-state index contributed by atoms with van der Waals surface area (Å²) in [4.78, 5) is 66.9. The number of thiazole rings is 1. The standard InChI is InChI=1S/C32H23BrF3N3O6S2/c1-2-45-30(43)16-10-12-19(13-11-16)37-22(40)15-38-29-26(47-31(38)44)23(17-6-5-7-18(33)14-17)24-25(46-29)28(42)39(27(24)41)21-9-4-3-8-20(21)32(34,35)36/h3-14,23-25H,2,15H2,1H3,(H,37,40)/t23-,24?,25?/m1/s1. The Labute approximate surface area is 281 Å². The van der Waals surface area contributed by atoms with Gasteiger partial charge in [0.2, 0.25) is 17.7 Å². The maximum absolute atomic E-state index is 14.0. The summed E-state index contributed by atoms with van der Waals surface area (Å²) in [5, 5.41) is 1.79. The third-order valence-electron chi connectivity index (χ3n) is 7.69. The van der Waals surface area contributed by atoms with Gasteiger partial charge >= 0.3 is 17.0 Å². The molecular weight excluding hydrogens is 723 g/mol. The fourth-order valence-electron chi connectivity index (χ4n) is 5.71. The van der Waals surface area contributed by atoms with Crippen LogP contribution < -0.4 is 15.1 Å². The Hall–Kier alpha value is -4.21. The van der Waals surface area contributed by atoms with E-state index in [0.717, 1.165) is 35.2 Å². The number of aromatic nitrogens is 1. The van der Waals surface area contributed by atoms with Gasteiger partial charge in [0.1, 0.15) is 11.8 Å². The number of rotatable bonds is 7. The Bertz CT molecular complexity index is 1980. The van der Waals surface area contributed by atoms with E-state index in [9.17, 15) is 37.1 Å². The van der Waals surface area contributed by atoms with Crippen molar-refractivity contribution in [2.75, 3.05) is 16.8 Å². The lowest BCUT2D eigenvalue weighted by atomic mass is 9.83. The van der Waals surface area contributed by atoms with Crippen molar-refractivity contribution in [3.05, 3.63) is 109 Å². The summed E-state index contributed by atoms with van der Waals surface area (Å²) in [6.45, 7) is 1.45. The van der Waals surface area contributed by atoms with Crippen LogP contribution in [-0.2, 0) is 31.8 Å². The summed E-state index contributed by atoms with van der Waals surface area (Å²) in [6.07, 6.45) is -4.83. The van der Waals surface area contributed by atoms with Crippen molar-refractivity contribution in [3.63, 3.8) is 0 Å². The SMILES string of the molecule is CCOC(=O)c1ccc(NC(=O)Cn2c3c(sc2=O)[C@H](c2cccc(Br)c2)C2C(=O)N(c4ccccc4C(F)(F)F)C(=O)C2S3)cc1. The molecule has 3 atom stereocenters. The van der Waals surface area contributed by atoms with Gasteiger partial charge in [0.25, 0.3) is 0 Å². The highest BCUT2D eigenvalue weighted by molar-refractivity contribution is 9.10. The minimum Gasteiger partial charge on any atom is -0.462 e. The zero-order valence-electron chi connectivity index (χ0n) is 24.2. The molecule has 2 aliphatic rings. The molecule has 0 aliphatic carbocycles. The fraction of sp³-hybridized carbons (Fsp3) is 0.219. The number of para-hydroxylation sites is 1. The van der Waals surface area contributed by atoms with Gasteiger partial charge in [-0.1, -0.05) is 63.3 Å². The molecule has 2 unspecified atom stereocenters. The molecule has 3 amide bonds. The summed E-state index contributed by atoms with van der Waals surface area (Å²) in [5.41, 5.74) is -0.465. The Kier molecular flexibility index (Phi) is 8.89. The zero-order chi connectivity index (χ0) is 33.6. The normalized spacial score (nSPS) is 18.9. The van der Waals surface area contributed by atoms with Crippen molar-refractivity contribution in [2.45, 2.75) is 35.8 Å². The van der Waals surface area contributed by atoms with Crippen molar-refractivity contribution >= 4 is 74.1 Å². The molecule has 3 heterocycles. The number of halogens is 4. The zero-order valence-corrected chi connectivity index (χ0v) is 27.5. The average Bonchev–Trinajstić information content (AvgIpc) is 3.47. The molecule has 1 saturated heterocycles. The second kappa shape index (κ2) is 12.8. The van der Waals surface area contributed by atoms with E-state index in [1.54, 1.807) is 31.2 Å². The molecule has 6 rings (SSSR count). The van der Waals surface area contributed by atoms with Crippen LogP contribution in [0.25, 0.3) is 0 Å². The number of benzene rings is 3. The van der Waals surface area contributed by atoms with Crippen molar-refractivity contribution in [2.24, 2.45) is 5.92 Å². The number of carbonyl (C=O) groups is 4. The van der Waals surface area contributed by atoms with E-state index in [1.165, 1.54) is 41.0 Å². The Morgan fingerprint density at radius 2 is 1.70 bits per heavy atom. The molecule has 0 bridgehead atoms. The monoisotopic (exact) mass is 745 g/mol. The molecule has 1 aromatic heterocycles. The number of ether oxygens (including phenoxy) is 1. The minimum atomic E-state index is -4.83. The number of anilines is 2. The van der Waals surface area contributed by atoms with E-state index >= 15 is 0 Å².